The van der Waals surface area contributed by atoms with Gasteiger partial charge in [-0.1, -0.05) is 12.1 Å². The molecule has 13 heavy (non-hydrogen) atoms. The molecule has 64 valence electrons. The number of benzene rings is 1. The van der Waals surface area contributed by atoms with Gasteiger partial charge in [-0.2, -0.15) is 10.2 Å². The van der Waals surface area contributed by atoms with Crippen molar-refractivity contribution in [2.45, 2.75) is 0 Å². The first-order chi connectivity index (χ1) is 6.42. The Bertz CT molecular complexity index is 436. The Morgan fingerprint density at radius 1 is 1.23 bits per heavy atom. The van der Waals surface area contributed by atoms with E-state index >= 15 is 0 Å². The summed E-state index contributed by atoms with van der Waals surface area (Å²) < 4.78 is 0. The molecule has 0 aliphatic rings. The topological polar surface area (TPSA) is 54.9 Å². The number of aromatic nitrogens is 2. The van der Waals surface area contributed by atoms with Crippen molar-refractivity contribution < 1.29 is 4.79 Å². The SMILES string of the molecule is O=CNc1cccc2cnncc12. The molecule has 0 atom stereocenters. The van der Waals surface area contributed by atoms with Crippen LogP contribution in [0, 0.1) is 0 Å². The molecule has 0 unspecified atom stereocenters. The minimum Gasteiger partial charge on any atom is -0.328 e. The fourth-order valence-electron chi connectivity index (χ4n) is 1.22. The van der Waals surface area contributed by atoms with Crippen molar-refractivity contribution >= 4 is 22.9 Å². The molecule has 0 saturated heterocycles. The van der Waals surface area contributed by atoms with E-state index in [1.54, 1.807) is 12.4 Å². The molecule has 1 heterocycles. The maximum Gasteiger partial charge on any atom is 0.211 e. The zero-order valence-electron chi connectivity index (χ0n) is 6.77. The molecular weight excluding hydrogens is 166 g/mol. The van der Waals surface area contributed by atoms with Gasteiger partial charge in [0.15, 0.2) is 0 Å². The number of nitrogens with one attached hydrogen (secondary N) is 1. The second-order valence-corrected chi connectivity index (χ2v) is 2.56. The molecule has 2 aromatic rings. The van der Waals surface area contributed by atoms with Crippen LogP contribution in [0.25, 0.3) is 10.8 Å². The van der Waals surface area contributed by atoms with E-state index in [2.05, 4.69) is 15.5 Å². The van der Waals surface area contributed by atoms with Crippen LogP contribution in [-0.4, -0.2) is 16.6 Å². The molecule has 0 aliphatic carbocycles. The molecule has 4 heteroatoms. The number of hydrogen-bond acceptors (Lipinski definition) is 3. The van der Waals surface area contributed by atoms with Crippen molar-refractivity contribution in [2.24, 2.45) is 0 Å². The van der Waals surface area contributed by atoms with Crippen molar-refractivity contribution in [3.05, 3.63) is 30.6 Å². The van der Waals surface area contributed by atoms with Gasteiger partial charge in [-0.25, -0.2) is 0 Å². The van der Waals surface area contributed by atoms with Gasteiger partial charge in [0, 0.05) is 10.8 Å². The second kappa shape index (κ2) is 3.18. The Labute approximate surface area is 74.6 Å². The molecule has 1 aromatic carbocycles. The lowest BCUT2D eigenvalue weighted by atomic mass is 10.2. The van der Waals surface area contributed by atoms with E-state index in [-0.39, 0.29) is 0 Å². The van der Waals surface area contributed by atoms with Gasteiger partial charge in [0.2, 0.25) is 6.41 Å². The standard InChI is InChI=1S/C9H7N3O/c13-6-10-9-3-1-2-7-4-11-12-5-8(7)9/h1-6H,(H,10,13). The van der Waals surface area contributed by atoms with Crippen molar-refractivity contribution in [1.29, 1.82) is 0 Å². The van der Waals surface area contributed by atoms with Gasteiger partial charge < -0.3 is 5.32 Å². The van der Waals surface area contributed by atoms with Gasteiger partial charge >= 0.3 is 0 Å². The second-order valence-electron chi connectivity index (χ2n) is 2.56. The Morgan fingerprint density at radius 3 is 2.92 bits per heavy atom. The predicted octanol–water partition coefficient (Wildman–Crippen LogP) is 1.20. The van der Waals surface area contributed by atoms with E-state index in [0.717, 1.165) is 16.5 Å². The summed E-state index contributed by atoms with van der Waals surface area (Å²) in [7, 11) is 0. The third-order valence-corrected chi connectivity index (χ3v) is 1.80. The van der Waals surface area contributed by atoms with Crippen LogP contribution in [0.3, 0.4) is 0 Å². The van der Waals surface area contributed by atoms with Gasteiger partial charge in [0.05, 0.1) is 18.1 Å². The lowest BCUT2D eigenvalue weighted by Gasteiger charge is -2.02. The molecule has 1 N–H and O–H groups in total. The largest absolute Gasteiger partial charge is 0.328 e. The maximum atomic E-state index is 10.3. The molecule has 1 amide bonds. The first kappa shape index (κ1) is 7.67. The van der Waals surface area contributed by atoms with Crippen LogP contribution in [0.15, 0.2) is 30.6 Å². The number of fused-ring (bicyclic) bond motifs is 1. The van der Waals surface area contributed by atoms with E-state index < -0.39 is 0 Å². The van der Waals surface area contributed by atoms with E-state index in [1.807, 2.05) is 18.2 Å². The zero-order valence-corrected chi connectivity index (χ0v) is 6.77. The normalized spacial score (nSPS) is 9.85. The fourth-order valence-corrected chi connectivity index (χ4v) is 1.22. The van der Waals surface area contributed by atoms with Crippen LogP contribution in [-0.2, 0) is 4.79 Å². The minimum absolute atomic E-state index is 0.648. The molecule has 0 bridgehead atoms. The van der Waals surface area contributed by atoms with E-state index in [1.165, 1.54) is 0 Å². The van der Waals surface area contributed by atoms with Crippen molar-refractivity contribution in [2.75, 3.05) is 5.32 Å². The minimum atomic E-state index is 0.648. The number of carbonyl (C=O) groups excluding carboxylic acids is 1. The van der Waals surface area contributed by atoms with Gasteiger partial charge in [0.25, 0.3) is 0 Å². The van der Waals surface area contributed by atoms with Crippen LogP contribution in [0.4, 0.5) is 5.69 Å². The fraction of sp³-hybridized carbons (Fsp3) is 0. The Kier molecular flexibility index (Phi) is 1.88. The molecule has 2 rings (SSSR count). The Balaban J connectivity index is 2.68. The van der Waals surface area contributed by atoms with Gasteiger partial charge in [-0.15, -0.1) is 0 Å². The third-order valence-electron chi connectivity index (χ3n) is 1.80. The molecule has 0 aliphatic heterocycles. The predicted molar refractivity (Wildman–Crippen MR) is 49.2 cm³/mol. The number of amides is 1. The van der Waals surface area contributed by atoms with Gasteiger partial charge in [-0.3, -0.25) is 4.79 Å². The summed E-state index contributed by atoms with van der Waals surface area (Å²) in [5.41, 5.74) is 0.752. The quantitative estimate of drug-likeness (QED) is 0.694. The Hall–Kier alpha value is -1.97. The van der Waals surface area contributed by atoms with Crippen LogP contribution in [0.1, 0.15) is 0 Å². The molecule has 0 saturated carbocycles. The zero-order chi connectivity index (χ0) is 9.10. The summed E-state index contributed by atoms with van der Waals surface area (Å²) in [6.07, 6.45) is 3.93. The third kappa shape index (κ3) is 1.33. The van der Waals surface area contributed by atoms with E-state index in [9.17, 15) is 4.79 Å². The van der Waals surface area contributed by atoms with Crippen molar-refractivity contribution in [1.82, 2.24) is 10.2 Å². The van der Waals surface area contributed by atoms with Crippen molar-refractivity contribution in [3.8, 4) is 0 Å². The summed E-state index contributed by atoms with van der Waals surface area (Å²) in [6.45, 7) is 0. The summed E-state index contributed by atoms with van der Waals surface area (Å²) in [4.78, 5) is 10.3. The molecule has 0 radical (unpaired) electrons. The summed E-state index contributed by atoms with van der Waals surface area (Å²) in [5, 5.41) is 12.0. The molecule has 0 spiro atoms. The summed E-state index contributed by atoms with van der Waals surface area (Å²) in [5.74, 6) is 0. The average Bonchev–Trinajstić information content (AvgIpc) is 2.19. The lowest BCUT2D eigenvalue weighted by molar-refractivity contribution is -0.105. The number of carbonyl (C=O) groups is 1. The van der Waals surface area contributed by atoms with Crippen LogP contribution in [0.5, 0.6) is 0 Å². The average molecular weight is 173 g/mol. The number of nitrogens with zero attached hydrogens (tertiary/aromatic N) is 2. The first-order valence-electron chi connectivity index (χ1n) is 3.81. The van der Waals surface area contributed by atoms with Crippen LogP contribution >= 0.6 is 0 Å². The number of anilines is 1. The lowest BCUT2D eigenvalue weighted by Crippen LogP contribution is -1.94. The first-order valence-corrected chi connectivity index (χ1v) is 3.81. The van der Waals surface area contributed by atoms with Crippen molar-refractivity contribution in [3.63, 3.8) is 0 Å². The molecular formula is C9H7N3O. The van der Waals surface area contributed by atoms with Crippen LogP contribution in [0.2, 0.25) is 0 Å². The number of hydrogen-bond donors (Lipinski definition) is 1. The number of rotatable bonds is 2. The maximum absolute atomic E-state index is 10.3. The van der Waals surface area contributed by atoms with Crippen LogP contribution < -0.4 is 5.32 Å². The smallest absolute Gasteiger partial charge is 0.211 e. The van der Waals surface area contributed by atoms with E-state index in [0.29, 0.717) is 6.41 Å². The summed E-state index contributed by atoms with van der Waals surface area (Å²) in [6, 6.07) is 5.59. The van der Waals surface area contributed by atoms with E-state index in [4.69, 9.17) is 0 Å². The highest BCUT2D eigenvalue weighted by Crippen LogP contribution is 2.20. The molecule has 0 fully saturated rings. The Morgan fingerprint density at radius 2 is 2.08 bits per heavy atom. The van der Waals surface area contributed by atoms with Gasteiger partial charge in [0.1, 0.15) is 0 Å². The molecule has 4 nitrogen and oxygen atoms in total. The highest BCUT2D eigenvalue weighted by atomic mass is 16.1. The monoisotopic (exact) mass is 173 g/mol. The highest BCUT2D eigenvalue weighted by Gasteiger charge is 1.98. The molecule has 1 aromatic heterocycles. The highest BCUT2D eigenvalue weighted by molar-refractivity contribution is 5.96. The van der Waals surface area contributed by atoms with Gasteiger partial charge in [-0.05, 0) is 6.07 Å². The summed E-state index contributed by atoms with van der Waals surface area (Å²) >= 11 is 0.